The Morgan fingerprint density at radius 1 is 1.15 bits per heavy atom. The number of aliphatic hydroxyl groups is 1. The summed E-state index contributed by atoms with van der Waals surface area (Å²) in [5.41, 5.74) is 9.16. The number of nitrogens with two attached hydrogens (primary N) is 1. The van der Waals surface area contributed by atoms with Gasteiger partial charge in [-0.25, -0.2) is 0 Å². The third kappa shape index (κ3) is 3.58. The molecular formula is C21H24N2O3. The van der Waals surface area contributed by atoms with E-state index < -0.39 is 0 Å². The van der Waals surface area contributed by atoms with E-state index in [-0.39, 0.29) is 30.2 Å². The van der Waals surface area contributed by atoms with Crippen LogP contribution in [-0.4, -0.2) is 24.2 Å². The minimum absolute atomic E-state index is 0.0667. The summed E-state index contributed by atoms with van der Waals surface area (Å²) in [4.78, 5) is 14.3. The third-order valence-electron chi connectivity index (χ3n) is 4.35. The molecule has 0 aliphatic carbocycles. The highest BCUT2D eigenvalue weighted by Crippen LogP contribution is 2.37. The van der Waals surface area contributed by atoms with Gasteiger partial charge in [-0.1, -0.05) is 45.0 Å². The number of amides is 1. The van der Waals surface area contributed by atoms with Crippen molar-refractivity contribution in [2.45, 2.75) is 26.2 Å². The van der Waals surface area contributed by atoms with Gasteiger partial charge >= 0.3 is 0 Å². The normalized spacial score (nSPS) is 15.8. The molecule has 0 atom stereocenters. The number of anilines is 2. The molecule has 1 amide bonds. The Balaban J connectivity index is 1.97. The Hall–Kier alpha value is -2.79. The van der Waals surface area contributed by atoms with Crippen molar-refractivity contribution in [3.63, 3.8) is 0 Å². The van der Waals surface area contributed by atoms with Crippen LogP contribution < -0.4 is 15.4 Å². The molecule has 26 heavy (non-hydrogen) atoms. The van der Waals surface area contributed by atoms with Crippen molar-refractivity contribution in [1.29, 1.82) is 0 Å². The van der Waals surface area contributed by atoms with Crippen LogP contribution in [-0.2, 0) is 10.2 Å². The molecule has 0 fully saturated rings. The van der Waals surface area contributed by atoms with Gasteiger partial charge in [0.15, 0.2) is 11.5 Å². The summed E-state index contributed by atoms with van der Waals surface area (Å²) in [6, 6.07) is 13.2. The summed E-state index contributed by atoms with van der Waals surface area (Å²) in [6.07, 6.45) is 1.71. The molecule has 5 heteroatoms. The van der Waals surface area contributed by atoms with E-state index in [9.17, 15) is 9.90 Å². The van der Waals surface area contributed by atoms with E-state index in [1.54, 1.807) is 24.3 Å². The van der Waals surface area contributed by atoms with Crippen LogP contribution in [0.4, 0.5) is 11.4 Å². The average molecular weight is 352 g/mol. The van der Waals surface area contributed by atoms with Crippen LogP contribution >= 0.6 is 0 Å². The number of fused-ring (bicyclic) bond motifs is 1. The molecule has 0 saturated heterocycles. The van der Waals surface area contributed by atoms with Crippen molar-refractivity contribution < 1.29 is 14.6 Å². The first-order valence-corrected chi connectivity index (χ1v) is 8.62. The second-order valence-electron chi connectivity index (χ2n) is 7.39. The lowest BCUT2D eigenvalue weighted by atomic mass is 9.87. The Kier molecular flexibility index (Phi) is 4.74. The summed E-state index contributed by atoms with van der Waals surface area (Å²) < 4.78 is 5.81. The molecule has 0 bridgehead atoms. The zero-order chi connectivity index (χ0) is 18.9. The van der Waals surface area contributed by atoms with Crippen LogP contribution in [0.15, 0.2) is 48.2 Å². The molecule has 2 aromatic carbocycles. The zero-order valence-corrected chi connectivity index (χ0v) is 15.3. The predicted octanol–water partition coefficient (Wildman–Crippen LogP) is 3.33. The Morgan fingerprint density at radius 2 is 1.85 bits per heavy atom. The quantitative estimate of drug-likeness (QED) is 0.656. The number of nitrogen functional groups attached to an aromatic ring is 1. The fourth-order valence-electron chi connectivity index (χ4n) is 2.88. The van der Waals surface area contributed by atoms with Crippen molar-refractivity contribution in [2.24, 2.45) is 0 Å². The number of aliphatic hydroxyl groups excluding tert-OH is 1. The van der Waals surface area contributed by atoms with Gasteiger partial charge in [0.1, 0.15) is 0 Å². The van der Waals surface area contributed by atoms with Gasteiger partial charge in [0, 0.05) is 18.3 Å². The lowest BCUT2D eigenvalue weighted by Gasteiger charge is -2.30. The number of hydrogen-bond donors (Lipinski definition) is 2. The molecule has 0 spiro atoms. The summed E-state index contributed by atoms with van der Waals surface area (Å²) in [5.74, 6) is 0.437. The van der Waals surface area contributed by atoms with Crippen molar-refractivity contribution in [1.82, 2.24) is 0 Å². The summed E-state index contributed by atoms with van der Waals surface area (Å²) in [7, 11) is 0. The van der Waals surface area contributed by atoms with Gasteiger partial charge in [-0.05, 0) is 34.8 Å². The Bertz CT molecular complexity index is 849. The standard InChI is InChI=1S/C21H24N2O3/c1-21(2,3)15-6-4-14(5-7-15)12-19-20(25)23(10-11-24)17-9-8-16(22)13-18(17)26-19/h4-9,12-13,24H,10-11,22H2,1-3H3/b19-12+. The molecule has 0 radical (unpaired) electrons. The van der Waals surface area contributed by atoms with Gasteiger partial charge in [-0.15, -0.1) is 0 Å². The smallest absolute Gasteiger partial charge is 0.294 e. The lowest BCUT2D eigenvalue weighted by Crippen LogP contribution is -2.39. The molecule has 1 aliphatic heterocycles. The maximum absolute atomic E-state index is 12.8. The maximum Gasteiger partial charge on any atom is 0.294 e. The van der Waals surface area contributed by atoms with Gasteiger partial charge in [-0.3, -0.25) is 9.69 Å². The van der Waals surface area contributed by atoms with Crippen LogP contribution in [0.5, 0.6) is 5.75 Å². The molecular weight excluding hydrogens is 328 g/mol. The fourth-order valence-corrected chi connectivity index (χ4v) is 2.88. The first-order chi connectivity index (χ1) is 12.3. The van der Waals surface area contributed by atoms with Gasteiger partial charge in [-0.2, -0.15) is 0 Å². The largest absolute Gasteiger partial charge is 0.449 e. The van der Waals surface area contributed by atoms with Gasteiger partial charge in [0.25, 0.3) is 5.91 Å². The van der Waals surface area contributed by atoms with Crippen LogP contribution in [0, 0.1) is 0 Å². The Morgan fingerprint density at radius 3 is 2.46 bits per heavy atom. The Labute approximate surface area is 153 Å². The number of carbonyl (C=O) groups is 1. The molecule has 5 nitrogen and oxygen atoms in total. The maximum atomic E-state index is 12.8. The first kappa shape index (κ1) is 18.0. The summed E-state index contributed by atoms with van der Waals surface area (Å²) in [6.45, 7) is 6.52. The van der Waals surface area contributed by atoms with E-state index in [2.05, 4.69) is 32.9 Å². The summed E-state index contributed by atoms with van der Waals surface area (Å²) >= 11 is 0. The van der Waals surface area contributed by atoms with E-state index in [1.807, 2.05) is 12.1 Å². The van der Waals surface area contributed by atoms with Gasteiger partial charge in [0.05, 0.1) is 12.3 Å². The molecule has 3 N–H and O–H groups in total. The lowest BCUT2D eigenvalue weighted by molar-refractivity contribution is -0.117. The van der Waals surface area contributed by atoms with Crippen LogP contribution in [0.1, 0.15) is 31.9 Å². The number of carbonyl (C=O) groups excluding carboxylic acids is 1. The van der Waals surface area contributed by atoms with Crippen LogP contribution in [0.25, 0.3) is 6.08 Å². The van der Waals surface area contributed by atoms with Crippen LogP contribution in [0.2, 0.25) is 0 Å². The van der Waals surface area contributed by atoms with E-state index >= 15 is 0 Å². The monoisotopic (exact) mass is 352 g/mol. The highest BCUT2D eigenvalue weighted by Gasteiger charge is 2.30. The van der Waals surface area contributed by atoms with Crippen molar-refractivity contribution >= 4 is 23.4 Å². The topological polar surface area (TPSA) is 75.8 Å². The second-order valence-corrected chi connectivity index (χ2v) is 7.39. The number of nitrogens with zero attached hydrogens (tertiary/aromatic N) is 1. The summed E-state index contributed by atoms with van der Waals surface area (Å²) in [5, 5.41) is 9.32. The zero-order valence-electron chi connectivity index (χ0n) is 15.3. The minimum atomic E-state index is -0.281. The molecule has 0 unspecified atom stereocenters. The van der Waals surface area contributed by atoms with Crippen LogP contribution in [0.3, 0.4) is 0 Å². The number of β-amino-alcohol motifs (C(OH)–C–C–N with tert-alkyl or cyclic N) is 1. The highest BCUT2D eigenvalue weighted by molar-refractivity contribution is 6.10. The highest BCUT2D eigenvalue weighted by atomic mass is 16.5. The molecule has 1 heterocycles. The fraction of sp³-hybridized carbons (Fsp3) is 0.286. The van der Waals surface area contributed by atoms with E-state index in [0.717, 1.165) is 5.56 Å². The van der Waals surface area contributed by atoms with Crippen molar-refractivity contribution in [2.75, 3.05) is 23.8 Å². The van der Waals surface area contributed by atoms with E-state index in [1.165, 1.54) is 10.5 Å². The van der Waals surface area contributed by atoms with Crippen molar-refractivity contribution in [3.8, 4) is 5.75 Å². The number of ether oxygens (including phenoxy) is 1. The molecule has 2 aromatic rings. The molecule has 0 saturated carbocycles. The number of rotatable bonds is 3. The minimum Gasteiger partial charge on any atom is -0.449 e. The SMILES string of the molecule is CC(C)(C)c1ccc(/C=C2/Oc3cc(N)ccc3N(CCO)C2=O)cc1. The molecule has 0 aromatic heterocycles. The number of hydrogen-bond acceptors (Lipinski definition) is 4. The van der Waals surface area contributed by atoms with E-state index in [4.69, 9.17) is 10.5 Å². The molecule has 136 valence electrons. The van der Waals surface area contributed by atoms with E-state index in [0.29, 0.717) is 17.1 Å². The van der Waals surface area contributed by atoms with Crippen molar-refractivity contribution in [3.05, 3.63) is 59.4 Å². The predicted molar refractivity (Wildman–Crippen MR) is 104 cm³/mol. The average Bonchev–Trinajstić information content (AvgIpc) is 2.58. The van der Waals surface area contributed by atoms with Gasteiger partial charge < -0.3 is 15.6 Å². The number of benzene rings is 2. The molecule has 3 rings (SSSR count). The van der Waals surface area contributed by atoms with Gasteiger partial charge in [0.2, 0.25) is 0 Å². The second kappa shape index (κ2) is 6.84. The third-order valence-corrected chi connectivity index (χ3v) is 4.35. The molecule has 1 aliphatic rings. The first-order valence-electron chi connectivity index (χ1n) is 8.62.